The molecule has 0 N–H and O–H groups in total. The van der Waals surface area contributed by atoms with Crippen LogP contribution >= 0.6 is 0 Å². The van der Waals surface area contributed by atoms with Crippen molar-refractivity contribution in [2.45, 2.75) is 0 Å². The molecule has 14 aromatic rings. The molecule has 0 aliphatic carbocycles. The summed E-state index contributed by atoms with van der Waals surface area (Å²) in [5.41, 5.74) is 9.00. The van der Waals surface area contributed by atoms with E-state index < -0.39 is 0 Å². The first-order chi connectivity index (χ1) is 31.7. The number of furan rings is 2. The summed E-state index contributed by atoms with van der Waals surface area (Å²) in [7, 11) is 0. The second-order valence-corrected chi connectivity index (χ2v) is 16.5. The number of pyridine rings is 2. The summed E-state index contributed by atoms with van der Waals surface area (Å²) >= 11 is 0. The SMILES string of the molecule is c1ccc2nc(N(c3ccc4ccc5c(N(c6ccc7ccccc7n6)c6cccc7c6oc6ccccc67)ccc6ccc3c4c65)c3cccc4c3oc3ccccc34)ccc2c1. The van der Waals surface area contributed by atoms with Crippen LogP contribution in [0, 0.1) is 0 Å². The Morgan fingerprint density at radius 1 is 0.281 bits per heavy atom. The van der Waals surface area contributed by atoms with Crippen molar-refractivity contribution in [3.05, 3.63) is 206 Å². The van der Waals surface area contributed by atoms with Crippen LogP contribution < -0.4 is 9.80 Å². The molecule has 6 heteroatoms. The zero-order valence-electron chi connectivity index (χ0n) is 34.2. The molecule has 0 spiro atoms. The van der Waals surface area contributed by atoms with Crippen LogP contribution in [0.25, 0.3) is 98.0 Å². The van der Waals surface area contributed by atoms with Crippen LogP contribution in [0.5, 0.6) is 0 Å². The molecule has 0 aliphatic heterocycles. The third-order valence-corrected chi connectivity index (χ3v) is 13.0. The third kappa shape index (κ3) is 5.08. The normalized spacial score (nSPS) is 12.1. The lowest BCUT2D eigenvalue weighted by Gasteiger charge is -2.28. The average Bonchev–Trinajstić information content (AvgIpc) is 3.94. The van der Waals surface area contributed by atoms with Crippen molar-refractivity contribution in [3.8, 4) is 0 Å². The van der Waals surface area contributed by atoms with E-state index in [4.69, 9.17) is 18.8 Å². The minimum Gasteiger partial charge on any atom is -0.454 e. The first-order valence-corrected chi connectivity index (χ1v) is 21.6. The highest BCUT2D eigenvalue weighted by Gasteiger charge is 2.26. The predicted molar refractivity (Wildman–Crippen MR) is 265 cm³/mol. The molecule has 0 radical (unpaired) electrons. The number of para-hydroxylation sites is 6. The van der Waals surface area contributed by atoms with Crippen molar-refractivity contribution < 1.29 is 8.83 Å². The highest BCUT2D eigenvalue weighted by atomic mass is 16.3. The second-order valence-electron chi connectivity index (χ2n) is 16.5. The number of hydrogen-bond donors (Lipinski definition) is 0. The summed E-state index contributed by atoms with van der Waals surface area (Å²) in [4.78, 5) is 15.2. The van der Waals surface area contributed by atoms with Crippen LogP contribution in [0.4, 0.5) is 34.4 Å². The van der Waals surface area contributed by atoms with E-state index in [1.54, 1.807) is 0 Å². The molecule has 4 heterocycles. The Morgan fingerprint density at radius 3 is 1.19 bits per heavy atom. The Hall–Kier alpha value is -8.74. The Bertz CT molecular complexity index is 3920. The molecule has 0 aliphatic rings. The topological polar surface area (TPSA) is 58.5 Å². The molecule has 0 saturated heterocycles. The van der Waals surface area contributed by atoms with Crippen LogP contribution in [-0.2, 0) is 0 Å². The van der Waals surface area contributed by atoms with Gasteiger partial charge in [-0.2, -0.15) is 0 Å². The van der Waals surface area contributed by atoms with E-state index in [0.717, 1.165) is 122 Å². The van der Waals surface area contributed by atoms with E-state index in [-0.39, 0.29) is 0 Å². The maximum Gasteiger partial charge on any atom is 0.159 e. The fourth-order valence-electron chi connectivity index (χ4n) is 10.1. The monoisotopic (exact) mass is 818 g/mol. The molecule has 6 nitrogen and oxygen atoms in total. The first-order valence-electron chi connectivity index (χ1n) is 21.6. The molecule has 4 aromatic heterocycles. The first kappa shape index (κ1) is 34.9. The lowest BCUT2D eigenvalue weighted by Crippen LogP contribution is -2.13. The molecule has 0 bridgehead atoms. The number of aromatic nitrogens is 2. The summed E-state index contributed by atoms with van der Waals surface area (Å²) < 4.78 is 13.5. The van der Waals surface area contributed by atoms with Gasteiger partial charge in [0.1, 0.15) is 22.8 Å². The van der Waals surface area contributed by atoms with E-state index in [1.165, 1.54) is 10.8 Å². The highest BCUT2D eigenvalue weighted by molar-refractivity contribution is 6.28. The van der Waals surface area contributed by atoms with Gasteiger partial charge in [0.15, 0.2) is 11.2 Å². The summed E-state index contributed by atoms with van der Waals surface area (Å²) in [6.45, 7) is 0. The fraction of sp³-hybridized carbons (Fsp3) is 0. The van der Waals surface area contributed by atoms with Gasteiger partial charge in [0.05, 0.1) is 33.8 Å². The van der Waals surface area contributed by atoms with Gasteiger partial charge in [-0.15, -0.1) is 0 Å². The predicted octanol–water partition coefficient (Wildman–Crippen LogP) is 16.4. The summed E-state index contributed by atoms with van der Waals surface area (Å²) in [6.07, 6.45) is 0. The lowest BCUT2D eigenvalue weighted by atomic mass is 9.92. The fourth-order valence-corrected chi connectivity index (χ4v) is 10.1. The molecule has 64 heavy (non-hydrogen) atoms. The standard InChI is InChI=1S/C58H34N4O2/c1-5-17-45-35(11-1)27-33-53(59-45)61(49-19-9-15-41-39-13-3-7-21-51(39)63-57(41)49)47-31-25-37-24-30-44-48(32-26-38-23-29-43(47)55(37)56(38)44)62(54-34-28-36-12-2-6-18-46(36)60-54)50-20-10-16-42-40-14-4-8-22-52(40)64-58(42)50/h1-34H. The zero-order chi connectivity index (χ0) is 41.9. The van der Waals surface area contributed by atoms with Gasteiger partial charge in [0.25, 0.3) is 0 Å². The number of hydrogen-bond acceptors (Lipinski definition) is 6. The number of anilines is 6. The Balaban J connectivity index is 1.05. The second kappa shape index (κ2) is 13.4. The number of fused-ring (bicyclic) bond motifs is 8. The van der Waals surface area contributed by atoms with Gasteiger partial charge >= 0.3 is 0 Å². The van der Waals surface area contributed by atoms with Crippen LogP contribution in [0.3, 0.4) is 0 Å². The average molecular weight is 819 g/mol. The van der Waals surface area contributed by atoms with E-state index >= 15 is 0 Å². The van der Waals surface area contributed by atoms with Crippen molar-refractivity contribution in [3.63, 3.8) is 0 Å². The van der Waals surface area contributed by atoms with Crippen LogP contribution in [0.2, 0.25) is 0 Å². The van der Waals surface area contributed by atoms with Gasteiger partial charge in [-0.05, 0) is 94.3 Å². The molecule has 298 valence electrons. The molecule has 0 fully saturated rings. The minimum atomic E-state index is 0.801. The Morgan fingerprint density at radius 2 is 0.688 bits per heavy atom. The van der Waals surface area contributed by atoms with Gasteiger partial charge in [-0.1, -0.05) is 133 Å². The van der Waals surface area contributed by atoms with E-state index in [1.807, 2.05) is 36.4 Å². The quantitative estimate of drug-likeness (QED) is 0.156. The van der Waals surface area contributed by atoms with Gasteiger partial charge in [-0.3, -0.25) is 9.80 Å². The molecule has 10 aromatic carbocycles. The van der Waals surface area contributed by atoms with Crippen molar-refractivity contribution >= 4 is 132 Å². The van der Waals surface area contributed by atoms with Crippen molar-refractivity contribution in [2.75, 3.05) is 9.80 Å². The van der Waals surface area contributed by atoms with E-state index in [2.05, 4.69) is 180 Å². The summed E-state index contributed by atoms with van der Waals surface area (Å²) in [5, 5.41) is 13.3. The van der Waals surface area contributed by atoms with Crippen molar-refractivity contribution in [1.82, 2.24) is 9.97 Å². The maximum absolute atomic E-state index is 6.73. The van der Waals surface area contributed by atoms with Crippen LogP contribution in [0.1, 0.15) is 0 Å². The Kier molecular flexibility index (Phi) is 7.30. The number of rotatable bonds is 6. The van der Waals surface area contributed by atoms with Gasteiger partial charge in [-0.25, -0.2) is 9.97 Å². The summed E-state index contributed by atoms with van der Waals surface area (Å²) in [5.74, 6) is 1.60. The molecular formula is C58H34N4O2. The number of nitrogens with zero attached hydrogens (tertiary/aromatic N) is 4. The van der Waals surface area contributed by atoms with Gasteiger partial charge in [0, 0.05) is 43.1 Å². The van der Waals surface area contributed by atoms with Gasteiger partial charge in [0.2, 0.25) is 0 Å². The zero-order valence-corrected chi connectivity index (χ0v) is 34.2. The number of benzene rings is 10. The smallest absolute Gasteiger partial charge is 0.159 e. The van der Waals surface area contributed by atoms with Crippen LogP contribution in [-0.4, -0.2) is 9.97 Å². The van der Waals surface area contributed by atoms with Crippen molar-refractivity contribution in [2.24, 2.45) is 0 Å². The largest absolute Gasteiger partial charge is 0.454 e. The molecular weight excluding hydrogens is 785 g/mol. The van der Waals surface area contributed by atoms with Gasteiger partial charge < -0.3 is 8.83 Å². The van der Waals surface area contributed by atoms with E-state index in [9.17, 15) is 0 Å². The molecule has 0 saturated carbocycles. The molecule has 14 rings (SSSR count). The molecule has 0 amide bonds. The third-order valence-electron chi connectivity index (χ3n) is 13.0. The molecule has 0 atom stereocenters. The highest BCUT2D eigenvalue weighted by Crippen LogP contribution is 2.50. The lowest BCUT2D eigenvalue weighted by molar-refractivity contribution is 0.668. The maximum atomic E-state index is 6.73. The summed E-state index contributed by atoms with van der Waals surface area (Å²) in [6, 6.07) is 72.4. The van der Waals surface area contributed by atoms with Crippen molar-refractivity contribution in [1.29, 1.82) is 0 Å². The minimum absolute atomic E-state index is 0.801. The van der Waals surface area contributed by atoms with E-state index in [0.29, 0.717) is 0 Å². The molecule has 0 unspecified atom stereocenters. The van der Waals surface area contributed by atoms with Crippen LogP contribution in [0.15, 0.2) is 215 Å². The Labute approximate surface area is 365 Å².